The molecule has 0 fully saturated rings. The van der Waals surface area contributed by atoms with Gasteiger partial charge in [0.05, 0.1) is 0 Å². The van der Waals surface area contributed by atoms with E-state index in [9.17, 15) is 0 Å². The van der Waals surface area contributed by atoms with E-state index >= 15 is 0 Å². The van der Waals surface area contributed by atoms with Crippen LogP contribution in [-0.2, 0) is 49.9 Å². The maximum atomic E-state index is 6.47. The third-order valence-corrected chi connectivity index (χ3v) is 11.5. The molecule has 0 bridgehead atoms. The molecule has 0 unspecified atom stereocenters. The molecule has 1 radical (unpaired) electrons. The summed E-state index contributed by atoms with van der Waals surface area (Å²) in [7, 11) is 0. The van der Waals surface area contributed by atoms with Gasteiger partial charge in [0, 0.05) is 10.0 Å². The number of benzene rings is 6. The van der Waals surface area contributed by atoms with Gasteiger partial charge in [0.15, 0.2) is 0 Å². The number of hydrogen-bond acceptors (Lipinski definition) is 0. The van der Waals surface area contributed by atoms with Gasteiger partial charge in [-0.05, 0) is 98.9 Å². The molecule has 58 heavy (non-hydrogen) atoms. The quantitative estimate of drug-likeness (QED) is 0.149. The van der Waals surface area contributed by atoms with E-state index in [0.29, 0.717) is 0 Å². The summed E-state index contributed by atoms with van der Waals surface area (Å²) >= 11 is 12.9. The van der Waals surface area contributed by atoms with Gasteiger partial charge in [-0.1, -0.05) is 196 Å². The van der Waals surface area contributed by atoms with Crippen LogP contribution in [0.3, 0.4) is 0 Å². The minimum Gasteiger partial charge on any atom is -1.00 e. The zero-order valence-corrected chi connectivity index (χ0v) is 39.4. The van der Waals surface area contributed by atoms with Gasteiger partial charge in [-0.2, -0.15) is 0 Å². The minimum atomic E-state index is -0.221. The minimum absolute atomic E-state index is 0. The summed E-state index contributed by atoms with van der Waals surface area (Å²) < 4.78 is 0. The second-order valence-electron chi connectivity index (χ2n) is 17.1. The molecular weight excluding hydrogens is 870 g/mol. The van der Waals surface area contributed by atoms with E-state index in [0.717, 1.165) is 34.5 Å². The van der Waals surface area contributed by atoms with Crippen LogP contribution >= 0.6 is 23.2 Å². The number of fused-ring (bicyclic) bond motifs is 2. The van der Waals surface area contributed by atoms with Gasteiger partial charge < -0.3 is 24.8 Å². The second-order valence-corrected chi connectivity index (χ2v) is 18.0. The van der Waals surface area contributed by atoms with E-state index in [1.165, 1.54) is 82.4 Å². The molecule has 0 spiro atoms. The molecule has 0 aromatic heterocycles. The summed E-state index contributed by atoms with van der Waals surface area (Å²) in [6.07, 6.45) is 13.4. The Morgan fingerprint density at radius 3 is 1.66 bits per heavy atom. The standard InChI is InChI=1S/C53H47Cl2.2ClH.Zr/c1-52(2,3)46-33-44-39(31-43(46)36-15-9-7-10-16-36)32-45-47(37-19-13-14-20-37)48(38-17-11-8-12-18-38)51(53(4,5)6)49(50(44)45)40(29-34-21-25-41(54)26-22-34)30-35-23-27-42(55)28-24-35;;;/h7-19,21-28,31,33H,20,29-30H2,1-6H3;2*1H;/q-1;;;+3/p-2. The van der Waals surface area contributed by atoms with Gasteiger partial charge in [0.1, 0.15) is 0 Å². The van der Waals surface area contributed by atoms with Crippen molar-refractivity contribution in [1.29, 1.82) is 0 Å². The largest absolute Gasteiger partial charge is 3.00 e. The van der Waals surface area contributed by atoms with Crippen LogP contribution in [-0.4, -0.2) is 0 Å². The van der Waals surface area contributed by atoms with E-state index in [1.54, 1.807) is 0 Å². The van der Waals surface area contributed by atoms with E-state index in [4.69, 9.17) is 23.2 Å². The normalized spacial score (nSPS) is 12.7. The van der Waals surface area contributed by atoms with E-state index in [2.05, 4.69) is 163 Å². The van der Waals surface area contributed by atoms with Crippen LogP contribution in [0.2, 0.25) is 10.0 Å². The fraction of sp³-hybridized carbons (Fsp3) is 0.208. The van der Waals surface area contributed by atoms with E-state index < -0.39 is 0 Å². The van der Waals surface area contributed by atoms with Gasteiger partial charge >= 0.3 is 26.2 Å². The fourth-order valence-corrected chi connectivity index (χ4v) is 8.81. The first-order valence-corrected chi connectivity index (χ1v) is 20.1. The van der Waals surface area contributed by atoms with Crippen molar-refractivity contribution in [3.05, 3.63) is 204 Å². The van der Waals surface area contributed by atoms with Crippen LogP contribution in [0.4, 0.5) is 0 Å². The third kappa shape index (κ3) is 9.16. The average Bonchev–Trinajstić information content (AvgIpc) is 3.83. The van der Waals surface area contributed by atoms with Crippen LogP contribution < -0.4 is 35.3 Å². The molecule has 6 aromatic carbocycles. The summed E-state index contributed by atoms with van der Waals surface area (Å²) in [4.78, 5) is 0. The molecule has 5 heteroatoms. The summed E-state index contributed by atoms with van der Waals surface area (Å²) in [5, 5.41) is 6.53. The first kappa shape index (κ1) is 45.7. The SMILES string of the molecule is CC(C)(C)c1cc2c(cc1-c1ccccc1)=[C-]c1c(C3=CC=CC3)c(-c3ccccc3)c(C(C)(C)C)c(=C(Cc3ccc(Cl)cc3)Cc3ccc(Cl)cc3)c1=2.[Cl-].[Cl-].[Zr+3]. The second kappa shape index (κ2) is 18.5. The van der Waals surface area contributed by atoms with E-state index in [1.807, 2.05) is 24.3 Å². The van der Waals surface area contributed by atoms with Crippen LogP contribution in [0.25, 0.3) is 39.5 Å². The van der Waals surface area contributed by atoms with Gasteiger partial charge in [0.25, 0.3) is 0 Å². The number of halogens is 4. The zero-order valence-electron chi connectivity index (χ0n) is 33.9. The molecule has 0 N–H and O–H groups in total. The van der Waals surface area contributed by atoms with Crippen molar-refractivity contribution in [2.75, 3.05) is 0 Å². The molecule has 0 nitrogen and oxygen atoms in total. The summed E-state index contributed by atoms with van der Waals surface area (Å²) in [6.45, 7) is 14.2. The Labute approximate surface area is 386 Å². The Hall–Kier alpha value is -3.42. The van der Waals surface area contributed by atoms with Crippen LogP contribution in [0.5, 0.6) is 0 Å². The van der Waals surface area contributed by atoms with Crippen LogP contribution in [0, 0.1) is 10.4 Å². The van der Waals surface area contributed by atoms with Crippen molar-refractivity contribution in [2.24, 2.45) is 0 Å². The Bertz CT molecular complexity index is 2670. The van der Waals surface area contributed by atoms with Crippen LogP contribution in [0.1, 0.15) is 81.3 Å². The first-order chi connectivity index (χ1) is 26.4. The van der Waals surface area contributed by atoms with Crippen molar-refractivity contribution in [2.45, 2.75) is 71.6 Å². The summed E-state index contributed by atoms with van der Waals surface area (Å²) in [5.74, 6) is 0. The molecule has 6 aromatic rings. The predicted molar refractivity (Wildman–Crippen MR) is 236 cm³/mol. The van der Waals surface area contributed by atoms with Gasteiger partial charge in [-0.15, -0.1) is 33.4 Å². The Kier molecular flexibility index (Phi) is 14.5. The molecule has 0 heterocycles. The maximum absolute atomic E-state index is 6.47. The predicted octanol–water partition coefficient (Wildman–Crippen LogP) is 7.21. The summed E-state index contributed by atoms with van der Waals surface area (Å²) in [6, 6.07) is 43.6. The van der Waals surface area contributed by atoms with Crippen molar-refractivity contribution in [3.63, 3.8) is 0 Å². The Morgan fingerprint density at radius 2 is 1.17 bits per heavy atom. The topological polar surface area (TPSA) is 0 Å². The average molecular weight is 917 g/mol. The molecule has 0 saturated heterocycles. The maximum Gasteiger partial charge on any atom is 3.00 e. The molecule has 2 aliphatic rings. The smallest absolute Gasteiger partial charge is 1.00 e. The Balaban J connectivity index is 0.00000214. The first-order valence-electron chi connectivity index (χ1n) is 19.4. The molecule has 0 aliphatic heterocycles. The van der Waals surface area contributed by atoms with Crippen LogP contribution in [0.15, 0.2) is 140 Å². The Morgan fingerprint density at radius 1 is 0.638 bits per heavy atom. The molecule has 291 valence electrons. The van der Waals surface area contributed by atoms with Gasteiger partial charge in [-0.25, -0.2) is 0 Å². The van der Waals surface area contributed by atoms with Crippen molar-refractivity contribution in [1.82, 2.24) is 0 Å². The van der Waals surface area contributed by atoms with Gasteiger partial charge in [0.2, 0.25) is 0 Å². The van der Waals surface area contributed by atoms with Gasteiger partial charge in [-0.3, -0.25) is 0 Å². The molecule has 0 atom stereocenters. The molecule has 8 rings (SSSR count). The van der Waals surface area contributed by atoms with Crippen molar-refractivity contribution in [3.8, 4) is 22.3 Å². The number of allylic oxidation sites excluding steroid dienone is 4. The van der Waals surface area contributed by atoms with Crippen molar-refractivity contribution < 1.29 is 51.0 Å². The third-order valence-electron chi connectivity index (χ3n) is 11.0. The van der Waals surface area contributed by atoms with E-state index in [-0.39, 0.29) is 61.8 Å². The molecule has 0 amide bonds. The molecule has 2 aliphatic carbocycles. The van der Waals surface area contributed by atoms with Crippen molar-refractivity contribution >= 4 is 40.4 Å². The zero-order chi connectivity index (χ0) is 38.5. The summed E-state index contributed by atoms with van der Waals surface area (Å²) in [5.41, 5.74) is 15.1. The number of hydrogen-bond donors (Lipinski definition) is 0. The molecule has 0 saturated carbocycles. The monoisotopic (exact) mass is 913 g/mol. The molecular formula is C53H47Cl4Zr. The number of rotatable bonds is 7. The fourth-order valence-electron chi connectivity index (χ4n) is 8.55.